The highest BCUT2D eigenvalue weighted by molar-refractivity contribution is 6.08. The number of ether oxygens (including phenoxy) is 1. The minimum Gasteiger partial charge on any atom is -0.500 e. The second kappa shape index (κ2) is 7.68. The number of amides is 1. The van der Waals surface area contributed by atoms with E-state index in [-0.39, 0.29) is 17.9 Å². The van der Waals surface area contributed by atoms with Gasteiger partial charge in [0.25, 0.3) is 5.91 Å². The SMILES string of the molecule is CCO/C=C(/C#N)C(=O)N(c1cccc(C(F)(F)F)c1)C(C)C. The molecule has 0 N–H and O–H groups in total. The number of nitriles is 1. The van der Waals surface area contributed by atoms with Crippen molar-refractivity contribution in [1.29, 1.82) is 5.26 Å². The fourth-order valence-electron chi connectivity index (χ4n) is 1.90. The molecular weight excluding hydrogens is 309 g/mol. The molecule has 1 aromatic carbocycles. The predicted molar refractivity (Wildman–Crippen MR) is 79.4 cm³/mol. The van der Waals surface area contributed by atoms with E-state index in [2.05, 4.69) is 0 Å². The Morgan fingerprint density at radius 1 is 1.43 bits per heavy atom. The molecule has 0 aliphatic carbocycles. The summed E-state index contributed by atoms with van der Waals surface area (Å²) in [5, 5.41) is 9.06. The molecule has 0 bridgehead atoms. The van der Waals surface area contributed by atoms with Gasteiger partial charge >= 0.3 is 6.18 Å². The smallest absolute Gasteiger partial charge is 0.416 e. The van der Waals surface area contributed by atoms with E-state index in [0.29, 0.717) is 0 Å². The highest BCUT2D eigenvalue weighted by Crippen LogP contribution is 2.32. The molecule has 0 radical (unpaired) electrons. The van der Waals surface area contributed by atoms with Crippen molar-refractivity contribution in [3.8, 4) is 6.07 Å². The first-order valence-corrected chi connectivity index (χ1v) is 6.95. The molecule has 0 aliphatic heterocycles. The van der Waals surface area contributed by atoms with Crippen LogP contribution in [0.15, 0.2) is 36.1 Å². The first-order chi connectivity index (χ1) is 10.7. The van der Waals surface area contributed by atoms with Crippen LogP contribution in [0.4, 0.5) is 18.9 Å². The van der Waals surface area contributed by atoms with Crippen molar-refractivity contribution in [3.05, 3.63) is 41.7 Å². The van der Waals surface area contributed by atoms with E-state index >= 15 is 0 Å². The third kappa shape index (κ3) is 4.74. The lowest BCUT2D eigenvalue weighted by molar-refractivity contribution is -0.137. The number of hydrogen-bond acceptors (Lipinski definition) is 3. The molecule has 1 amide bonds. The molecule has 0 atom stereocenters. The molecule has 0 unspecified atom stereocenters. The van der Waals surface area contributed by atoms with Crippen LogP contribution in [-0.2, 0) is 15.7 Å². The van der Waals surface area contributed by atoms with Crippen LogP contribution < -0.4 is 4.90 Å². The van der Waals surface area contributed by atoms with Gasteiger partial charge in [-0.25, -0.2) is 0 Å². The number of nitrogens with zero attached hydrogens (tertiary/aromatic N) is 2. The minimum absolute atomic E-state index is 0.0671. The van der Waals surface area contributed by atoms with E-state index in [9.17, 15) is 18.0 Å². The lowest BCUT2D eigenvalue weighted by atomic mass is 10.1. The summed E-state index contributed by atoms with van der Waals surface area (Å²) in [5.41, 5.74) is -1.07. The summed E-state index contributed by atoms with van der Waals surface area (Å²) in [6.07, 6.45) is -3.49. The molecule has 0 spiro atoms. The number of anilines is 1. The maximum Gasteiger partial charge on any atom is 0.416 e. The van der Waals surface area contributed by atoms with Gasteiger partial charge in [0, 0.05) is 11.7 Å². The summed E-state index contributed by atoms with van der Waals surface area (Å²) in [4.78, 5) is 13.6. The average molecular weight is 326 g/mol. The van der Waals surface area contributed by atoms with Gasteiger partial charge in [-0.15, -0.1) is 0 Å². The lowest BCUT2D eigenvalue weighted by Gasteiger charge is -2.27. The van der Waals surface area contributed by atoms with Crippen LogP contribution in [0.3, 0.4) is 0 Å². The normalized spacial score (nSPS) is 12.0. The van der Waals surface area contributed by atoms with Gasteiger partial charge in [-0.1, -0.05) is 6.07 Å². The molecule has 1 rings (SSSR count). The van der Waals surface area contributed by atoms with E-state index in [4.69, 9.17) is 10.00 Å². The maximum atomic E-state index is 12.8. The van der Waals surface area contributed by atoms with E-state index in [0.717, 1.165) is 23.3 Å². The van der Waals surface area contributed by atoms with Gasteiger partial charge in [-0.05, 0) is 39.0 Å². The summed E-state index contributed by atoms with van der Waals surface area (Å²) in [6.45, 7) is 5.24. The number of benzene rings is 1. The first-order valence-electron chi connectivity index (χ1n) is 6.95. The summed E-state index contributed by atoms with van der Waals surface area (Å²) < 4.78 is 43.5. The molecular formula is C16H17F3N2O2. The predicted octanol–water partition coefficient (Wildman–Crippen LogP) is 3.89. The van der Waals surface area contributed by atoms with Crippen LogP contribution in [0.25, 0.3) is 0 Å². The molecule has 0 saturated carbocycles. The second-order valence-corrected chi connectivity index (χ2v) is 4.92. The van der Waals surface area contributed by atoms with Crippen molar-refractivity contribution in [2.75, 3.05) is 11.5 Å². The van der Waals surface area contributed by atoms with E-state index in [1.807, 2.05) is 0 Å². The van der Waals surface area contributed by atoms with Gasteiger partial charge in [0.2, 0.25) is 0 Å². The Bertz CT molecular complexity index is 631. The number of alkyl halides is 3. The summed E-state index contributed by atoms with van der Waals surface area (Å²) in [5.74, 6) is -0.713. The van der Waals surface area contributed by atoms with E-state index in [1.54, 1.807) is 26.8 Å². The standard InChI is InChI=1S/C16H17F3N2O2/c1-4-23-10-12(9-20)15(22)21(11(2)3)14-7-5-6-13(8-14)16(17,18)19/h5-8,10-11H,4H2,1-3H3/b12-10-. The summed E-state index contributed by atoms with van der Waals surface area (Å²) >= 11 is 0. The van der Waals surface area contributed by atoms with Crippen molar-refractivity contribution in [3.63, 3.8) is 0 Å². The average Bonchev–Trinajstić information content (AvgIpc) is 2.47. The van der Waals surface area contributed by atoms with Gasteiger partial charge in [-0.2, -0.15) is 18.4 Å². The number of carbonyl (C=O) groups excluding carboxylic acids is 1. The van der Waals surface area contributed by atoms with Gasteiger partial charge in [-0.3, -0.25) is 4.79 Å². The fraction of sp³-hybridized carbons (Fsp3) is 0.375. The quantitative estimate of drug-likeness (QED) is 0.468. The molecule has 1 aromatic rings. The highest BCUT2D eigenvalue weighted by atomic mass is 19.4. The van der Waals surface area contributed by atoms with E-state index < -0.39 is 23.7 Å². The molecule has 0 heterocycles. The second-order valence-electron chi connectivity index (χ2n) is 4.92. The monoisotopic (exact) mass is 326 g/mol. The Morgan fingerprint density at radius 3 is 2.57 bits per heavy atom. The highest BCUT2D eigenvalue weighted by Gasteiger charge is 2.32. The number of hydrogen-bond donors (Lipinski definition) is 0. The fourth-order valence-corrected chi connectivity index (χ4v) is 1.90. The van der Waals surface area contributed by atoms with Gasteiger partial charge in [0.15, 0.2) is 5.57 Å². The third-order valence-electron chi connectivity index (χ3n) is 2.91. The van der Waals surface area contributed by atoms with Crippen molar-refractivity contribution in [1.82, 2.24) is 0 Å². The Kier molecular flexibility index (Phi) is 6.19. The van der Waals surface area contributed by atoms with Crippen LogP contribution in [0.2, 0.25) is 0 Å². The Hall–Kier alpha value is -2.49. The van der Waals surface area contributed by atoms with Gasteiger partial charge in [0.1, 0.15) is 12.3 Å². The summed E-state index contributed by atoms with van der Waals surface area (Å²) in [6, 6.07) is 5.69. The lowest BCUT2D eigenvalue weighted by Crippen LogP contribution is -2.38. The molecule has 4 nitrogen and oxygen atoms in total. The first kappa shape index (κ1) is 18.6. The van der Waals surface area contributed by atoms with Gasteiger partial charge in [0.05, 0.1) is 12.2 Å². The van der Waals surface area contributed by atoms with Crippen LogP contribution in [0, 0.1) is 11.3 Å². The zero-order chi connectivity index (χ0) is 17.6. The molecule has 23 heavy (non-hydrogen) atoms. The van der Waals surface area contributed by atoms with Crippen molar-refractivity contribution < 1.29 is 22.7 Å². The zero-order valence-corrected chi connectivity index (χ0v) is 13.0. The third-order valence-corrected chi connectivity index (χ3v) is 2.91. The molecule has 0 aliphatic rings. The molecule has 0 aromatic heterocycles. The van der Waals surface area contributed by atoms with Crippen LogP contribution in [0.1, 0.15) is 26.3 Å². The van der Waals surface area contributed by atoms with Crippen molar-refractivity contribution in [2.24, 2.45) is 0 Å². The van der Waals surface area contributed by atoms with Crippen molar-refractivity contribution in [2.45, 2.75) is 33.0 Å². The largest absolute Gasteiger partial charge is 0.500 e. The number of carbonyl (C=O) groups is 1. The zero-order valence-electron chi connectivity index (χ0n) is 13.0. The minimum atomic E-state index is -4.51. The molecule has 7 heteroatoms. The Labute approximate surface area is 132 Å². The molecule has 0 saturated heterocycles. The Balaban J connectivity index is 3.28. The summed E-state index contributed by atoms with van der Waals surface area (Å²) in [7, 11) is 0. The molecule has 0 fully saturated rings. The van der Waals surface area contributed by atoms with Crippen LogP contribution in [0.5, 0.6) is 0 Å². The number of rotatable bonds is 5. The topological polar surface area (TPSA) is 53.3 Å². The van der Waals surface area contributed by atoms with Crippen LogP contribution in [-0.4, -0.2) is 18.6 Å². The molecule has 124 valence electrons. The van der Waals surface area contributed by atoms with Crippen LogP contribution >= 0.6 is 0 Å². The van der Waals surface area contributed by atoms with Gasteiger partial charge < -0.3 is 9.64 Å². The van der Waals surface area contributed by atoms with Crippen molar-refractivity contribution >= 4 is 11.6 Å². The van der Waals surface area contributed by atoms with E-state index in [1.165, 1.54) is 12.1 Å². The number of halogens is 3. The Morgan fingerprint density at radius 2 is 2.09 bits per heavy atom. The maximum absolute atomic E-state index is 12.8.